The van der Waals surface area contributed by atoms with E-state index >= 15 is 0 Å². The number of carboxylic acids is 1. The van der Waals surface area contributed by atoms with Crippen LogP contribution in [0.2, 0.25) is 0 Å². The Morgan fingerprint density at radius 2 is 2.18 bits per heavy atom. The largest absolute Gasteiger partial charge is 0.480 e. The zero-order valence-corrected chi connectivity index (χ0v) is 13.7. The summed E-state index contributed by atoms with van der Waals surface area (Å²) < 4.78 is 5.29. The molecule has 0 radical (unpaired) electrons. The van der Waals surface area contributed by atoms with Crippen LogP contribution in [0.25, 0.3) is 0 Å². The molecule has 2 aliphatic rings. The van der Waals surface area contributed by atoms with Gasteiger partial charge in [-0.2, -0.15) is 4.98 Å². The van der Waals surface area contributed by atoms with Crippen LogP contribution in [-0.4, -0.2) is 38.2 Å². The van der Waals surface area contributed by atoms with Crippen LogP contribution in [0.15, 0.2) is 4.52 Å². The highest BCUT2D eigenvalue weighted by Gasteiger charge is 2.45. The fourth-order valence-electron chi connectivity index (χ4n) is 3.86. The molecular weight excluding hydrogens is 306 g/mol. The minimum absolute atomic E-state index is 0. The maximum absolute atomic E-state index is 11.5. The van der Waals surface area contributed by atoms with Crippen LogP contribution >= 0.6 is 12.4 Å². The van der Waals surface area contributed by atoms with Gasteiger partial charge in [-0.05, 0) is 31.6 Å². The fourth-order valence-corrected chi connectivity index (χ4v) is 3.86. The molecule has 7 heteroatoms. The lowest BCUT2D eigenvalue weighted by atomic mass is 9.85. The number of hydrogen-bond donors (Lipinski definition) is 1. The van der Waals surface area contributed by atoms with Gasteiger partial charge in [-0.25, -0.2) is 0 Å². The first kappa shape index (κ1) is 17.2. The molecule has 1 N–H and O–H groups in total. The van der Waals surface area contributed by atoms with Crippen molar-refractivity contribution in [3.8, 4) is 0 Å². The van der Waals surface area contributed by atoms with E-state index in [1.165, 1.54) is 12.8 Å². The Morgan fingerprint density at radius 3 is 2.91 bits per heavy atom. The molecule has 6 nitrogen and oxygen atoms in total. The first-order chi connectivity index (χ1) is 10.2. The van der Waals surface area contributed by atoms with Crippen LogP contribution in [0.4, 0.5) is 0 Å². The molecule has 124 valence electrons. The number of carboxylic acid groups (broad SMARTS) is 1. The summed E-state index contributed by atoms with van der Waals surface area (Å²) in [5, 5.41) is 13.5. The number of hydrogen-bond acceptors (Lipinski definition) is 5. The van der Waals surface area contributed by atoms with Crippen molar-refractivity contribution < 1.29 is 14.4 Å². The molecule has 3 rings (SSSR count). The van der Waals surface area contributed by atoms with Crippen LogP contribution in [0.5, 0.6) is 0 Å². The zero-order valence-electron chi connectivity index (χ0n) is 12.9. The average Bonchev–Trinajstić information content (AvgIpc) is 3.05. The number of aliphatic carboxylic acids is 1. The molecule has 0 aromatic carbocycles. The normalized spacial score (nSPS) is 28.1. The van der Waals surface area contributed by atoms with Gasteiger partial charge in [-0.3, -0.25) is 9.69 Å². The number of fused-ring (bicyclic) bond motifs is 1. The third-order valence-corrected chi connectivity index (χ3v) is 4.81. The van der Waals surface area contributed by atoms with E-state index in [0.29, 0.717) is 24.4 Å². The molecule has 1 aliphatic carbocycles. The van der Waals surface area contributed by atoms with Gasteiger partial charge >= 0.3 is 5.97 Å². The number of halogens is 1. The number of nitrogens with zero attached hydrogens (tertiary/aromatic N) is 3. The van der Waals surface area contributed by atoms with Gasteiger partial charge in [0, 0.05) is 12.5 Å². The number of aromatic nitrogens is 2. The van der Waals surface area contributed by atoms with E-state index in [0.717, 1.165) is 37.9 Å². The van der Waals surface area contributed by atoms with Crippen LogP contribution in [-0.2, 0) is 17.8 Å². The third-order valence-electron chi connectivity index (χ3n) is 4.81. The summed E-state index contributed by atoms with van der Waals surface area (Å²) in [6.45, 7) is 2.54. The summed E-state index contributed by atoms with van der Waals surface area (Å²) in [5.41, 5.74) is 0. The first-order valence-electron chi connectivity index (χ1n) is 7.99. The van der Waals surface area contributed by atoms with E-state index < -0.39 is 12.0 Å². The van der Waals surface area contributed by atoms with E-state index in [1.807, 2.05) is 0 Å². The average molecular weight is 330 g/mol. The van der Waals surface area contributed by atoms with Crippen molar-refractivity contribution in [1.82, 2.24) is 15.0 Å². The van der Waals surface area contributed by atoms with Crippen LogP contribution < -0.4 is 0 Å². The monoisotopic (exact) mass is 329 g/mol. The van der Waals surface area contributed by atoms with Crippen molar-refractivity contribution in [2.45, 2.75) is 70.5 Å². The Balaban J connectivity index is 0.00000176. The van der Waals surface area contributed by atoms with Crippen molar-refractivity contribution in [1.29, 1.82) is 0 Å². The molecule has 22 heavy (non-hydrogen) atoms. The summed E-state index contributed by atoms with van der Waals surface area (Å²) in [4.78, 5) is 18.0. The van der Waals surface area contributed by atoms with Crippen LogP contribution in [0, 0.1) is 5.92 Å². The molecule has 1 aliphatic heterocycles. The van der Waals surface area contributed by atoms with E-state index in [9.17, 15) is 9.90 Å². The van der Waals surface area contributed by atoms with Gasteiger partial charge < -0.3 is 9.63 Å². The smallest absolute Gasteiger partial charge is 0.320 e. The molecule has 0 amide bonds. The van der Waals surface area contributed by atoms with Crippen molar-refractivity contribution in [3.05, 3.63) is 11.7 Å². The lowest BCUT2D eigenvalue weighted by Crippen LogP contribution is -2.41. The second-order valence-electron chi connectivity index (χ2n) is 6.23. The lowest BCUT2D eigenvalue weighted by molar-refractivity contribution is -0.143. The summed E-state index contributed by atoms with van der Waals surface area (Å²) in [6.07, 6.45) is 7.19. The molecule has 1 aromatic heterocycles. The molecule has 1 aromatic rings. The van der Waals surface area contributed by atoms with Crippen molar-refractivity contribution in [3.63, 3.8) is 0 Å². The second kappa shape index (κ2) is 7.42. The predicted molar refractivity (Wildman–Crippen MR) is 82.9 cm³/mol. The van der Waals surface area contributed by atoms with Crippen molar-refractivity contribution in [2.75, 3.05) is 0 Å². The van der Waals surface area contributed by atoms with E-state index in [2.05, 4.69) is 22.0 Å². The first-order valence-corrected chi connectivity index (χ1v) is 7.99. The van der Waals surface area contributed by atoms with Crippen LogP contribution in [0.3, 0.4) is 0 Å². The molecular formula is C15H24ClN3O3. The van der Waals surface area contributed by atoms with E-state index in [4.69, 9.17) is 4.52 Å². The highest BCUT2D eigenvalue weighted by Crippen LogP contribution is 2.40. The quantitative estimate of drug-likeness (QED) is 0.894. The Morgan fingerprint density at radius 1 is 1.41 bits per heavy atom. The molecule has 3 unspecified atom stereocenters. The standard InChI is InChI=1S/C15H23N3O3.ClH/c1-2-5-13-16-14(21-17-13)9-18-11-7-4-3-6-10(11)8-12(18)15(19)20;/h10-12H,2-9H2,1H3,(H,19,20);1H. The lowest BCUT2D eigenvalue weighted by Gasteiger charge is -2.31. The molecule has 3 atom stereocenters. The minimum Gasteiger partial charge on any atom is -0.480 e. The van der Waals surface area contributed by atoms with Gasteiger partial charge in [-0.15, -0.1) is 12.4 Å². The number of carbonyl (C=O) groups is 1. The topological polar surface area (TPSA) is 79.5 Å². The molecule has 0 spiro atoms. The Hall–Kier alpha value is -1.14. The number of likely N-dealkylation sites (tertiary alicyclic amines) is 1. The van der Waals surface area contributed by atoms with E-state index in [-0.39, 0.29) is 12.4 Å². The maximum Gasteiger partial charge on any atom is 0.320 e. The Bertz CT molecular complexity index is 508. The van der Waals surface area contributed by atoms with Gasteiger partial charge in [0.25, 0.3) is 0 Å². The van der Waals surface area contributed by atoms with Crippen LogP contribution in [0.1, 0.15) is 57.2 Å². The molecule has 2 heterocycles. The molecule has 2 fully saturated rings. The predicted octanol–water partition coefficient (Wildman–Crippen LogP) is 2.66. The molecule has 1 saturated heterocycles. The second-order valence-corrected chi connectivity index (χ2v) is 6.23. The number of rotatable bonds is 5. The van der Waals surface area contributed by atoms with Crippen molar-refractivity contribution >= 4 is 18.4 Å². The van der Waals surface area contributed by atoms with Crippen molar-refractivity contribution in [2.24, 2.45) is 5.92 Å². The van der Waals surface area contributed by atoms with Gasteiger partial charge in [0.15, 0.2) is 5.82 Å². The third kappa shape index (κ3) is 3.43. The number of aryl methyl sites for hydroxylation is 1. The summed E-state index contributed by atoms with van der Waals surface area (Å²) >= 11 is 0. The molecule has 0 bridgehead atoms. The van der Waals surface area contributed by atoms with Gasteiger partial charge in [-0.1, -0.05) is 24.9 Å². The van der Waals surface area contributed by atoms with Gasteiger partial charge in [0.2, 0.25) is 5.89 Å². The van der Waals surface area contributed by atoms with Gasteiger partial charge in [0.05, 0.1) is 6.54 Å². The fraction of sp³-hybridized carbons (Fsp3) is 0.800. The highest BCUT2D eigenvalue weighted by atomic mass is 35.5. The maximum atomic E-state index is 11.5. The highest BCUT2D eigenvalue weighted by molar-refractivity contribution is 5.85. The van der Waals surface area contributed by atoms with E-state index in [1.54, 1.807) is 0 Å². The SMILES string of the molecule is CCCc1noc(CN2C(C(=O)O)CC3CCCCC32)n1.Cl. The Labute approximate surface area is 136 Å². The summed E-state index contributed by atoms with van der Waals surface area (Å²) in [5.74, 6) is 1.06. The summed E-state index contributed by atoms with van der Waals surface area (Å²) in [6, 6.07) is -0.0407. The minimum atomic E-state index is -0.724. The van der Waals surface area contributed by atoms with Gasteiger partial charge in [0.1, 0.15) is 6.04 Å². The Kier molecular flexibility index (Phi) is 5.81. The summed E-state index contributed by atoms with van der Waals surface area (Å²) in [7, 11) is 0. The zero-order chi connectivity index (χ0) is 14.8. The molecule has 1 saturated carbocycles.